The summed E-state index contributed by atoms with van der Waals surface area (Å²) in [6.45, 7) is 1.25. The van der Waals surface area contributed by atoms with Crippen molar-refractivity contribution in [3.8, 4) is 17.2 Å². The van der Waals surface area contributed by atoms with Crippen molar-refractivity contribution in [3.05, 3.63) is 30.1 Å². The molecule has 28 heavy (non-hydrogen) atoms. The van der Waals surface area contributed by atoms with E-state index in [1.807, 2.05) is 0 Å². The van der Waals surface area contributed by atoms with Crippen molar-refractivity contribution in [1.29, 1.82) is 0 Å². The van der Waals surface area contributed by atoms with Crippen LogP contribution in [0.4, 0.5) is 11.6 Å². The van der Waals surface area contributed by atoms with Gasteiger partial charge in [0.1, 0.15) is 0 Å². The summed E-state index contributed by atoms with van der Waals surface area (Å²) in [5.74, 6) is 1.62. The number of aromatic nitrogens is 2. The van der Waals surface area contributed by atoms with Gasteiger partial charge in [0.15, 0.2) is 11.5 Å². The molecule has 1 saturated heterocycles. The van der Waals surface area contributed by atoms with E-state index in [0.29, 0.717) is 41.0 Å². The lowest BCUT2D eigenvalue weighted by molar-refractivity contribution is 0.0857. The minimum atomic E-state index is -0.227. The summed E-state index contributed by atoms with van der Waals surface area (Å²) >= 11 is 0. The lowest BCUT2D eigenvalue weighted by atomic mass is 10.2. The highest BCUT2D eigenvalue weighted by atomic mass is 16.5. The van der Waals surface area contributed by atoms with E-state index in [2.05, 4.69) is 20.6 Å². The smallest absolute Gasteiger partial charge is 0.254 e. The Labute approximate surface area is 163 Å². The van der Waals surface area contributed by atoms with E-state index in [1.54, 1.807) is 33.5 Å². The van der Waals surface area contributed by atoms with E-state index in [-0.39, 0.29) is 12.0 Å². The van der Waals surface area contributed by atoms with Crippen LogP contribution in [0.2, 0.25) is 0 Å². The molecule has 0 radical (unpaired) electrons. The van der Waals surface area contributed by atoms with Gasteiger partial charge in [0.2, 0.25) is 11.7 Å². The van der Waals surface area contributed by atoms with E-state index in [0.717, 1.165) is 19.4 Å². The highest BCUT2D eigenvalue weighted by Crippen LogP contribution is 2.40. The minimum Gasteiger partial charge on any atom is -0.493 e. The molecular formula is C19H24N4O5. The molecule has 9 nitrogen and oxygen atoms in total. The van der Waals surface area contributed by atoms with Crippen molar-refractivity contribution in [1.82, 2.24) is 15.3 Å². The predicted octanol–water partition coefficient (Wildman–Crippen LogP) is 2.15. The molecule has 1 aromatic carbocycles. The number of carbonyl (C=O) groups excluding carboxylic acids is 1. The second-order valence-electron chi connectivity index (χ2n) is 6.18. The van der Waals surface area contributed by atoms with Gasteiger partial charge in [-0.3, -0.25) is 4.79 Å². The summed E-state index contributed by atoms with van der Waals surface area (Å²) < 4.78 is 21.5. The Morgan fingerprint density at radius 2 is 1.82 bits per heavy atom. The number of hydrogen-bond donors (Lipinski definition) is 2. The number of methoxy groups -OCH3 is 3. The highest BCUT2D eigenvalue weighted by Gasteiger charge is 2.17. The SMILES string of the molecule is COc1cc(Nc2ncc(C(=O)NCC3CCCO3)cn2)cc(OC)c1OC. The van der Waals surface area contributed by atoms with Crippen molar-refractivity contribution in [3.63, 3.8) is 0 Å². The van der Waals surface area contributed by atoms with Crippen LogP contribution in [0.5, 0.6) is 17.2 Å². The summed E-state index contributed by atoms with van der Waals surface area (Å²) in [6, 6.07) is 3.49. The van der Waals surface area contributed by atoms with Crippen LogP contribution in [0.3, 0.4) is 0 Å². The Morgan fingerprint density at radius 1 is 1.14 bits per heavy atom. The standard InChI is InChI=1S/C19H24N4O5/c1-25-15-7-13(8-16(26-2)17(15)27-3)23-19-21-9-12(10-22-19)18(24)20-11-14-5-4-6-28-14/h7-10,14H,4-6,11H2,1-3H3,(H,20,24)(H,21,22,23). The summed E-state index contributed by atoms with van der Waals surface area (Å²) in [7, 11) is 4.63. The first kappa shape index (κ1) is 19.7. The predicted molar refractivity (Wildman–Crippen MR) is 103 cm³/mol. The van der Waals surface area contributed by atoms with Gasteiger partial charge in [0.05, 0.1) is 33.0 Å². The molecule has 2 aromatic rings. The summed E-state index contributed by atoms with van der Waals surface area (Å²) in [4.78, 5) is 20.6. The fourth-order valence-corrected chi connectivity index (χ4v) is 2.91. The lowest BCUT2D eigenvalue weighted by Gasteiger charge is -2.14. The minimum absolute atomic E-state index is 0.0887. The number of rotatable bonds is 8. The fourth-order valence-electron chi connectivity index (χ4n) is 2.91. The summed E-state index contributed by atoms with van der Waals surface area (Å²) in [6.07, 6.45) is 5.03. The highest BCUT2D eigenvalue weighted by molar-refractivity contribution is 5.93. The van der Waals surface area contributed by atoms with E-state index >= 15 is 0 Å². The Balaban J connectivity index is 1.66. The Morgan fingerprint density at radius 3 is 2.36 bits per heavy atom. The first-order valence-corrected chi connectivity index (χ1v) is 8.93. The van der Waals surface area contributed by atoms with Gasteiger partial charge >= 0.3 is 0 Å². The van der Waals surface area contributed by atoms with Gasteiger partial charge in [0, 0.05) is 43.4 Å². The lowest BCUT2D eigenvalue weighted by Crippen LogP contribution is -2.31. The maximum absolute atomic E-state index is 12.2. The third-order valence-corrected chi connectivity index (χ3v) is 4.35. The van der Waals surface area contributed by atoms with Crippen LogP contribution in [-0.4, -0.2) is 56.5 Å². The summed E-state index contributed by atoms with van der Waals surface area (Å²) in [5.41, 5.74) is 1.04. The van der Waals surface area contributed by atoms with Crippen molar-refractivity contribution in [2.75, 3.05) is 39.8 Å². The average Bonchev–Trinajstić information content (AvgIpc) is 3.25. The van der Waals surface area contributed by atoms with E-state index in [4.69, 9.17) is 18.9 Å². The van der Waals surface area contributed by atoms with E-state index in [9.17, 15) is 4.79 Å². The third-order valence-electron chi connectivity index (χ3n) is 4.35. The number of anilines is 2. The van der Waals surface area contributed by atoms with Crippen LogP contribution in [0.25, 0.3) is 0 Å². The first-order chi connectivity index (χ1) is 13.6. The molecule has 1 fully saturated rings. The molecule has 1 unspecified atom stereocenters. The molecule has 0 spiro atoms. The van der Waals surface area contributed by atoms with Crippen LogP contribution < -0.4 is 24.8 Å². The number of nitrogens with one attached hydrogen (secondary N) is 2. The van der Waals surface area contributed by atoms with Crippen molar-refractivity contribution in [2.24, 2.45) is 0 Å². The number of ether oxygens (including phenoxy) is 4. The zero-order valence-corrected chi connectivity index (χ0v) is 16.2. The van der Waals surface area contributed by atoms with Crippen LogP contribution >= 0.6 is 0 Å². The number of carbonyl (C=O) groups is 1. The molecule has 2 heterocycles. The summed E-state index contributed by atoms with van der Waals surface area (Å²) in [5, 5.41) is 5.90. The number of amides is 1. The number of nitrogens with zero attached hydrogens (tertiary/aromatic N) is 2. The number of benzene rings is 1. The largest absolute Gasteiger partial charge is 0.493 e. The molecule has 0 saturated carbocycles. The number of hydrogen-bond acceptors (Lipinski definition) is 8. The molecule has 1 aromatic heterocycles. The van der Waals surface area contributed by atoms with Crippen LogP contribution in [0.1, 0.15) is 23.2 Å². The average molecular weight is 388 g/mol. The Bertz CT molecular complexity index is 781. The Hall–Kier alpha value is -3.07. The molecule has 9 heteroatoms. The fraction of sp³-hybridized carbons (Fsp3) is 0.421. The maximum atomic E-state index is 12.2. The molecule has 2 N–H and O–H groups in total. The van der Waals surface area contributed by atoms with Gasteiger partial charge in [-0.25, -0.2) is 9.97 Å². The molecule has 1 aliphatic heterocycles. The molecule has 0 aliphatic carbocycles. The molecule has 3 rings (SSSR count). The molecule has 150 valence electrons. The van der Waals surface area contributed by atoms with E-state index < -0.39 is 0 Å². The van der Waals surface area contributed by atoms with Gasteiger partial charge < -0.3 is 29.6 Å². The molecule has 0 bridgehead atoms. The monoisotopic (exact) mass is 388 g/mol. The van der Waals surface area contributed by atoms with Crippen molar-refractivity contribution < 1.29 is 23.7 Å². The first-order valence-electron chi connectivity index (χ1n) is 8.93. The van der Waals surface area contributed by atoms with Gasteiger partial charge in [-0.2, -0.15) is 0 Å². The third kappa shape index (κ3) is 4.61. The molecule has 1 amide bonds. The topological polar surface area (TPSA) is 104 Å². The zero-order chi connectivity index (χ0) is 19.9. The zero-order valence-electron chi connectivity index (χ0n) is 16.2. The molecule has 1 atom stereocenters. The molecule has 1 aliphatic rings. The van der Waals surface area contributed by atoms with Crippen molar-refractivity contribution >= 4 is 17.5 Å². The van der Waals surface area contributed by atoms with Gasteiger partial charge in [-0.15, -0.1) is 0 Å². The van der Waals surface area contributed by atoms with Crippen molar-refractivity contribution in [2.45, 2.75) is 18.9 Å². The van der Waals surface area contributed by atoms with Gasteiger partial charge in [-0.1, -0.05) is 0 Å². The quantitative estimate of drug-likeness (QED) is 0.709. The second-order valence-corrected chi connectivity index (χ2v) is 6.18. The van der Waals surface area contributed by atoms with E-state index in [1.165, 1.54) is 12.4 Å². The normalized spacial score (nSPS) is 15.8. The van der Waals surface area contributed by atoms with Crippen LogP contribution in [0.15, 0.2) is 24.5 Å². The van der Waals surface area contributed by atoms with Crippen LogP contribution in [-0.2, 0) is 4.74 Å². The maximum Gasteiger partial charge on any atom is 0.254 e. The van der Waals surface area contributed by atoms with Crippen LogP contribution in [0, 0.1) is 0 Å². The Kier molecular flexibility index (Phi) is 6.49. The molecular weight excluding hydrogens is 364 g/mol. The van der Waals surface area contributed by atoms with Gasteiger partial charge in [0.25, 0.3) is 5.91 Å². The second kappa shape index (κ2) is 9.23. The van der Waals surface area contributed by atoms with Gasteiger partial charge in [-0.05, 0) is 12.8 Å².